The van der Waals surface area contributed by atoms with Crippen LogP contribution in [0, 0.1) is 0 Å². The van der Waals surface area contributed by atoms with Gasteiger partial charge in [-0.2, -0.15) is 0 Å². The fraction of sp³-hybridized carbons (Fsp3) is 0.657. The number of carbonyl (C=O) groups excluding carboxylic acids is 2. The molecule has 1 aromatic carbocycles. The fourth-order valence-electron chi connectivity index (χ4n) is 6.02. The molecule has 0 aliphatic carbocycles. The number of benzene rings is 1. The quantitative estimate of drug-likeness (QED) is 0.0983. The zero-order valence-corrected chi connectivity index (χ0v) is 25.1. The standard InChI is InChI=1S/C35H53NO4/c1-3-4-5-6-7-8-9-10-11-12-13-14-15-16-20-23-34(37)39-28-33(29-21-18-17-19-22-29)35(38)40-32-26-30-24-25-31(27-32)36(30)2/h7-8,10-11,17-19,21-22,30-33H,3-6,9,12-16,20,23-28H2,1-2H3/b8-7-,11-10-/t30-,31+,32?,33?. The molecule has 5 nitrogen and oxygen atoms in total. The number of nitrogens with zero attached hydrogens (tertiary/aromatic N) is 1. The van der Waals surface area contributed by atoms with Gasteiger partial charge in [0, 0.05) is 18.5 Å². The van der Waals surface area contributed by atoms with E-state index in [1.54, 1.807) is 0 Å². The number of carbonyl (C=O) groups is 2. The first kappa shape index (κ1) is 32.1. The Balaban J connectivity index is 1.28. The molecule has 0 spiro atoms. The van der Waals surface area contributed by atoms with Gasteiger partial charge in [-0.15, -0.1) is 0 Å². The van der Waals surface area contributed by atoms with Crippen LogP contribution >= 0.6 is 0 Å². The highest BCUT2D eigenvalue weighted by molar-refractivity contribution is 5.79. The van der Waals surface area contributed by atoms with E-state index in [2.05, 4.69) is 43.2 Å². The van der Waals surface area contributed by atoms with Gasteiger partial charge in [0.1, 0.15) is 18.6 Å². The zero-order chi connectivity index (χ0) is 28.4. The summed E-state index contributed by atoms with van der Waals surface area (Å²) in [5.74, 6) is -1.08. The molecule has 5 heteroatoms. The molecule has 222 valence electrons. The number of fused-ring (bicyclic) bond motifs is 2. The summed E-state index contributed by atoms with van der Waals surface area (Å²) >= 11 is 0. The lowest BCUT2D eigenvalue weighted by atomic mass is 9.98. The van der Waals surface area contributed by atoms with Crippen molar-refractivity contribution in [3.05, 3.63) is 60.2 Å². The average Bonchev–Trinajstić information content (AvgIpc) is 3.15. The number of hydrogen-bond acceptors (Lipinski definition) is 5. The summed E-state index contributed by atoms with van der Waals surface area (Å²) < 4.78 is 11.6. The Morgan fingerprint density at radius 1 is 0.875 bits per heavy atom. The maximum absolute atomic E-state index is 13.2. The number of ether oxygens (including phenoxy) is 2. The SMILES string of the molecule is CCCCC/C=C\C/C=C\CCCCCCCC(=O)OCC(C(=O)OC1C[C@H]2CC[C@@H](C1)N2C)c1ccccc1. The van der Waals surface area contributed by atoms with Crippen molar-refractivity contribution in [1.29, 1.82) is 0 Å². The molecular formula is C35H53NO4. The minimum atomic E-state index is -0.577. The highest BCUT2D eigenvalue weighted by atomic mass is 16.6. The van der Waals surface area contributed by atoms with E-state index in [1.807, 2.05) is 30.3 Å². The first-order valence-corrected chi connectivity index (χ1v) is 16.0. The highest BCUT2D eigenvalue weighted by Gasteiger charge is 2.40. The van der Waals surface area contributed by atoms with Crippen LogP contribution in [0.3, 0.4) is 0 Å². The molecule has 2 unspecified atom stereocenters. The summed E-state index contributed by atoms with van der Waals surface area (Å²) in [5, 5.41) is 0. The zero-order valence-electron chi connectivity index (χ0n) is 25.1. The van der Waals surface area contributed by atoms with E-state index in [1.165, 1.54) is 51.4 Å². The lowest BCUT2D eigenvalue weighted by Crippen LogP contribution is -2.44. The number of esters is 2. The lowest BCUT2D eigenvalue weighted by molar-refractivity contribution is -0.158. The van der Waals surface area contributed by atoms with E-state index in [9.17, 15) is 9.59 Å². The van der Waals surface area contributed by atoms with Crippen LogP contribution in [-0.2, 0) is 19.1 Å². The van der Waals surface area contributed by atoms with Crippen LogP contribution in [-0.4, -0.2) is 48.7 Å². The van der Waals surface area contributed by atoms with E-state index in [0.29, 0.717) is 18.5 Å². The molecule has 2 bridgehead atoms. The molecule has 0 radical (unpaired) electrons. The van der Waals surface area contributed by atoms with E-state index < -0.39 is 5.92 Å². The monoisotopic (exact) mass is 551 g/mol. The van der Waals surface area contributed by atoms with E-state index >= 15 is 0 Å². The second-order valence-corrected chi connectivity index (χ2v) is 11.7. The molecule has 3 rings (SSSR count). The predicted molar refractivity (Wildman–Crippen MR) is 163 cm³/mol. The van der Waals surface area contributed by atoms with Crippen molar-refractivity contribution in [3.8, 4) is 0 Å². The summed E-state index contributed by atoms with van der Waals surface area (Å²) in [4.78, 5) is 28.1. The van der Waals surface area contributed by atoms with Crippen molar-refractivity contribution >= 4 is 11.9 Å². The van der Waals surface area contributed by atoms with Crippen LogP contribution in [0.4, 0.5) is 0 Å². The van der Waals surface area contributed by atoms with Gasteiger partial charge in [0.2, 0.25) is 0 Å². The van der Waals surface area contributed by atoms with Gasteiger partial charge in [-0.1, -0.05) is 93.7 Å². The normalized spacial score (nSPS) is 21.7. The molecule has 2 aliphatic rings. The maximum atomic E-state index is 13.2. The van der Waals surface area contributed by atoms with E-state index in [-0.39, 0.29) is 24.6 Å². The van der Waals surface area contributed by atoms with Gasteiger partial charge < -0.3 is 14.4 Å². The molecule has 1 aromatic rings. The molecule has 0 saturated carbocycles. The number of unbranched alkanes of at least 4 members (excludes halogenated alkanes) is 8. The van der Waals surface area contributed by atoms with Crippen molar-refractivity contribution < 1.29 is 19.1 Å². The predicted octanol–water partition coefficient (Wildman–Crippen LogP) is 8.30. The van der Waals surface area contributed by atoms with Crippen LogP contribution in [0.1, 0.15) is 121 Å². The second-order valence-electron chi connectivity index (χ2n) is 11.7. The van der Waals surface area contributed by atoms with E-state index in [0.717, 1.165) is 50.5 Å². The first-order chi connectivity index (χ1) is 19.6. The molecule has 0 N–H and O–H groups in total. The summed E-state index contributed by atoms with van der Waals surface area (Å²) in [7, 11) is 2.18. The van der Waals surface area contributed by atoms with Gasteiger partial charge in [0.15, 0.2) is 0 Å². The number of rotatable bonds is 19. The molecule has 0 amide bonds. The van der Waals surface area contributed by atoms with Crippen molar-refractivity contribution in [2.24, 2.45) is 0 Å². The highest BCUT2D eigenvalue weighted by Crippen LogP contribution is 2.36. The average molecular weight is 552 g/mol. The third-order valence-corrected chi connectivity index (χ3v) is 8.57. The van der Waals surface area contributed by atoms with Gasteiger partial charge in [0.05, 0.1) is 0 Å². The number of hydrogen-bond donors (Lipinski definition) is 0. The Morgan fingerprint density at radius 2 is 1.50 bits per heavy atom. The number of allylic oxidation sites excluding steroid dienone is 4. The molecule has 40 heavy (non-hydrogen) atoms. The Kier molecular flexibility index (Phi) is 15.1. The van der Waals surface area contributed by atoms with Crippen LogP contribution in [0.25, 0.3) is 0 Å². The fourth-order valence-corrected chi connectivity index (χ4v) is 6.02. The molecule has 0 aromatic heterocycles. The van der Waals surface area contributed by atoms with Crippen molar-refractivity contribution in [3.63, 3.8) is 0 Å². The second kappa shape index (κ2) is 18.9. The summed E-state index contributed by atoms with van der Waals surface area (Å²) in [5.41, 5.74) is 0.841. The third kappa shape index (κ3) is 11.6. The summed E-state index contributed by atoms with van der Waals surface area (Å²) in [6.07, 6.45) is 26.3. The molecule has 4 atom stereocenters. The van der Waals surface area contributed by atoms with Crippen molar-refractivity contribution in [2.45, 2.75) is 134 Å². The topological polar surface area (TPSA) is 55.8 Å². The Bertz CT molecular complexity index is 897. The van der Waals surface area contributed by atoms with E-state index in [4.69, 9.17) is 9.47 Å². The van der Waals surface area contributed by atoms with Crippen LogP contribution < -0.4 is 0 Å². The van der Waals surface area contributed by atoms with Gasteiger partial charge in [-0.3, -0.25) is 9.59 Å². The summed E-state index contributed by atoms with van der Waals surface area (Å²) in [6.45, 7) is 2.28. The molecule has 2 fully saturated rings. The largest absolute Gasteiger partial charge is 0.464 e. The minimum absolute atomic E-state index is 0.0431. The van der Waals surface area contributed by atoms with Gasteiger partial charge in [-0.25, -0.2) is 0 Å². The number of piperidine rings is 1. The van der Waals surface area contributed by atoms with Crippen molar-refractivity contribution in [2.75, 3.05) is 13.7 Å². The van der Waals surface area contributed by atoms with Gasteiger partial charge in [0.25, 0.3) is 0 Å². The Hall–Kier alpha value is -2.40. The molecule has 2 saturated heterocycles. The van der Waals surface area contributed by atoms with Gasteiger partial charge in [-0.05, 0) is 76.8 Å². The molecule has 2 heterocycles. The molecule has 2 aliphatic heterocycles. The first-order valence-electron chi connectivity index (χ1n) is 16.0. The van der Waals surface area contributed by atoms with Crippen LogP contribution in [0.15, 0.2) is 54.6 Å². The van der Waals surface area contributed by atoms with Gasteiger partial charge >= 0.3 is 11.9 Å². The minimum Gasteiger partial charge on any atom is -0.464 e. The van der Waals surface area contributed by atoms with Crippen LogP contribution in [0.5, 0.6) is 0 Å². The van der Waals surface area contributed by atoms with Crippen LogP contribution in [0.2, 0.25) is 0 Å². The smallest absolute Gasteiger partial charge is 0.317 e. The lowest BCUT2D eigenvalue weighted by Gasteiger charge is -2.36. The maximum Gasteiger partial charge on any atom is 0.317 e. The third-order valence-electron chi connectivity index (χ3n) is 8.57. The van der Waals surface area contributed by atoms with Crippen molar-refractivity contribution in [1.82, 2.24) is 4.90 Å². The Morgan fingerprint density at radius 3 is 2.17 bits per heavy atom. The summed E-state index contributed by atoms with van der Waals surface area (Å²) in [6, 6.07) is 10.6. The Labute approximate surface area is 243 Å². The molecular weight excluding hydrogens is 498 g/mol.